The van der Waals surface area contributed by atoms with Gasteiger partial charge in [0.15, 0.2) is 0 Å². The van der Waals surface area contributed by atoms with Gasteiger partial charge in [-0.2, -0.15) is 0 Å². The molecule has 0 fully saturated rings. The summed E-state index contributed by atoms with van der Waals surface area (Å²) in [7, 11) is 0. The fourth-order valence-electron chi connectivity index (χ4n) is 5.03. The number of halogens is 6. The molecule has 6 amide bonds. The van der Waals surface area contributed by atoms with Crippen molar-refractivity contribution < 1.29 is 74.7 Å². The summed E-state index contributed by atoms with van der Waals surface area (Å²) in [6.45, 7) is -5.90. The second kappa shape index (κ2) is 26.9. The lowest BCUT2D eigenvalue weighted by Crippen LogP contribution is -2.43. The van der Waals surface area contributed by atoms with Gasteiger partial charge in [-0.15, -0.1) is 0 Å². The molecule has 2 aromatic rings. The maximum atomic E-state index is 13.6. The zero-order valence-electron chi connectivity index (χ0n) is 30.7. The summed E-state index contributed by atoms with van der Waals surface area (Å²) in [5.74, 6) is -3.34. The van der Waals surface area contributed by atoms with Gasteiger partial charge in [0.25, 0.3) is 23.6 Å². The van der Waals surface area contributed by atoms with Crippen LogP contribution in [0, 0.1) is 21.4 Å². The van der Waals surface area contributed by atoms with Crippen LogP contribution in [0.5, 0.6) is 0 Å². The van der Waals surface area contributed by atoms with E-state index in [2.05, 4.69) is 21.3 Å². The Morgan fingerprint density at radius 2 is 0.750 bits per heavy atom. The van der Waals surface area contributed by atoms with Gasteiger partial charge >= 0.3 is 0 Å². The van der Waals surface area contributed by atoms with Crippen LogP contribution in [-0.4, -0.2) is 179 Å². The molecular weight excluding hydrogens is 1480 g/mol. The predicted molar refractivity (Wildman–Crippen MR) is 264 cm³/mol. The molecular formula is C33H40I6N6O15. The maximum absolute atomic E-state index is 13.6. The molecule has 0 aliphatic rings. The molecule has 0 spiro atoms. The van der Waals surface area contributed by atoms with Gasteiger partial charge in [-0.25, -0.2) is 0 Å². The van der Waals surface area contributed by atoms with Crippen LogP contribution in [0.15, 0.2) is 0 Å². The minimum atomic E-state index is -1.62. The Morgan fingerprint density at radius 1 is 0.467 bits per heavy atom. The summed E-state index contributed by atoms with van der Waals surface area (Å²) in [5.41, 5.74) is -0.684. The van der Waals surface area contributed by atoms with E-state index in [1.54, 1.807) is 136 Å². The summed E-state index contributed by atoms with van der Waals surface area (Å²) >= 11 is 10.5. The van der Waals surface area contributed by atoms with Gasteiger partial charge in [0.2, 0.25) is 12.8 Å². The number of nitrogens with one attached hydrogen (secondary N) is 4. The number of rotatable bonds is 24. The van der Waals surface area contributed by atoms with Crippen LogP contribution < -0.4 is 31.1 Å². The van der Waals surface area contributed by atoms with Crippen LogP contribution in [0.1, 0.15) is 41.4 Å². The molecule has 60 heavy (non-hydrogen) atoms. The Balaban J connectivity index is 2.78. The molecule has 2 rings (SSSR count). The molecule has 0 saturated carbocycles. The molecule has 2 aromatic carbocycles. The van der Waals surface area contributed by atoms with Gasteiger partial charge in [-0.3, -0.25) is 28.8 Å². The van der Waals surface area contributed by atoms with Gasteiger partial charge in [-0.1, -0.05) is 0 Å². The van der Waals surface area contributed by atoms with E-state index in [1.165, 1.54) is 0 Å². The number of nitrogens with zero attached hydrogens (tertiary/aromatic N) is 2. The van der Waals surface area contributed by atoms with Crippen LogP contribution in [0.3, 0.4) is 0 Å². The molecule has 2 unspecified atom stereocenters. The SMILES string of the molecule is O=CN(CC(O)CN(C=O)c1c(I)c(C(=O)NCC(O)CO)c(I)c(C(=O)NC(CO)CO)c1I)c1c(I)c(C(=O)NCC(O)CO)c(I)c(C(=O)NC(CO)CO)c1I. The maximum Gasteiger partial charge on any atom is 0.253 e. The molecule has 0 bridgehead atoms. The predicted octanol–water partition coefficient (Wildman–Crippen LogP) is -2.37. The van der Waals surface area contributed by atoms with E-state index in [1.807, 2.05) is 0 Å². The molecule has 0 aliphatic carbocycles. The fraction of sp³-hybridized carbons (Fsp3) is 0.455. The van der Waals surface area contributed by atoms with Gasteiger partial charge in [0.1, 0.15) is 0 Å². The zero-order valence-corrected chi connectivity index (χ0v) is 43.7. The molecule has 0 aromatic heterocycles. The average molecular weight is 1520 g/mol. The quantitative estimate of drug-likeness (QED) is 0.0386. The Kier molecular flexibility index (Phi) is 24.9. The van der Waals surface area contributed by atoms with Crippen LogP contribution in [-0.2, 0) is 9.59 Å². The van der Waals surface area contributed by atoms with E-state index in [0.29, 0.717) is 12.8 Å². The molecule has 334 valence electrons. The highest BCUT2D eigenvalue weighted by Gasteiger charge is 2.34. The number of anilines is 2. The van der Waals surface area contributed by atoms with Crippen molar-refractivity contribution in [3.63, 3.8) is 0 Å². The first-order valence-corrected chi connectivity index (χ1v) is 23.5. The lowest BCUT2D eigenvalue weighted by Gasteiger charge is -2.30. The van der Waals surface area contributed by atoms with Crippen LogP contribution in [0.2, 0.25) is 0 Å². The molecule has 21 nitrogen and oxygen atoms in total. The molecule has 27 heteroatoms. The van der Waals surface area contributed by atoms with E-state index >= 15 is 0 Å². The van der Waals surface area contributed by atoms with Crippen molar-refractivity contribution in [2.75, 3.05) is 75.6 Å². The third-order valence-corrected chi connectivity index (χ3v) is 14.5. The van der Waals surface area contributed by atoms with E-state index in [4.69, 9.17) is 0 Å². The largest absolute Gasteiger partial charge is 0.394 e. The molecule has 0 radical (unpaired) electrons. The monoisotopic (exact) mass is 1520 g/mol. The topological polar surface area (TPSA) is 339 Å². The number of hydrogen-bond acceptors (Lipinski definition) is 15. The van der Waals surface area contributed by atoms with E-state index < -0.39 is 120 Å². The van der Waals surface area contributed by atoms with Crippen molar-refractivity contribution in [3.05, 3.63) is 43.7 Å². The normalized spacial score (nSPS) is 12.8. The summed E-state index contributed by atoms with van der Waals surface area (Å²) in [6, 6.07) is -2.21. The number of carbonyl (C=O) groups excluding carboxylic acids is 6. The van der Waals surface area contributed by atoms with Crippen molar-refractivity contribution in [3.8, 4) is 0 Å². The zero-order chi connectivity index (χ0) is 45.6. The van der Waals surface area contributed by atoms with Crippen molar-refractivity contribution in [1.29, 1.82) is 0 Å². The van der Waals surface area contributed by atoms with E-state index in [9.17, 15) is 74.7 Å². The third kappa shape index (κ3) is 14.1. The smallest absolute Gasteiger partial charge is 0.253 e. The highest BCUT2D eigenvalue weighted by molar-refractivity contribution is 14.1. The van der Waals surface area contributed by atoms with E-state index in [0.717, 1.165) is 9.80 Å². The standard InChI is InChI=1S/C33H40I6N6O15/c34-22-18(30(57)40-1-15(54)9-50)24(36)28(26(38)20(22)32(59)42-13(5-46)6-47)44(11-52)3-17(56)4-45(12-53)29-25(37)19(31(58)41-2-16(55)10-51)23(35)21(27(29)39)33(60)43-14(7-48)8-49/h11-17,46-51,54-56H,1-10H2,(H,40,57)(H,41,58)(H,42,59)(H,43,60). The van der Waals surface area contributed by atoms with Gasteiger partial charge in [0, 0.05) is 20.2 Å². The average Bonchev–Trinajstić information content (AvgIpc) is 3.21. The minimum Gasteiger partial charge on any atom is -0.394 e. The Labute approximate surface area is 424 Å². The van der Waals surface area contributed by atoms with Gasteiger partial charge in [-0.05, 0) is 136 Å². The second-order valence-corrected chi connectivity index (χ2v) is 18.9. The molecule has 0 aliphatic heterocycles. The summed E-state index contributed by atoms with van der Waals surface area (Å²) in [4.78, 5) is 81.9. The van der Waals surface area contributed by atoms with Crippen LogP contribution in [0.4, 0.5) is 11.4 Å². The van der Waals surface area contributed by atoms with Crippen LogP contribution >= 0.6 is 136 Å². The number of benzene rings is 2. The number of aliphatic hydroxyl groups excluding tert-OH is 9. The first kappa shape index (κ1) is 55.4. The Morgan fingerprint density at radius 3 is 1.00 bits per heavy atom. The van der Waals surface area contributed by atoms with Crippen molar-refractivity contribution in [2.24, 2.45) is 0 Å². The lowest BCUT2D eigenvalue weighted by atomic mass is 10.1. The molecule has 0 saturated heterocycles. The highest BCUT2D eigenvalue weighted by atomic mass is 127. The van der Waals surface area contributed by atoms with Crippen LogP contribution in [0.25, 0.3) is 0 Å². The third-order valence-electron chi connectivity index (χ3n) is 8.11. The first-order chi connectivity index (χ1) is 28.3. The summed E-state index contributed by atoms with van der Waals surface area (Å²) < 4.78 is 0.536. The van der Waals surface area contributed by atoms with E-state index in [-0.39, 0.29) is 55.0 Å². The molecule has 13 N–H and O–H groups in total. The Bertz CT molecular complexity index is 1760. The van der Waals surface area contributed by atoms with Crippen molar-refractivity contribution >= 4 is 183 Å². The highest BCUT2D eigenvalue weighted by Crippen LogP contribution is 2.40. The number of amides is 6. The van der Waals surface area contributed by atoms with Crippen molar-refractivity contribution in [2.45, 2.75) is 30.4 Å². The number of hydrogen-bond donors (Lipinski definition) is 13. The minimum absolute atomic E-state index is 0.0467. The molecule has 0 heterocycles. The van der Waals surface area contributed by atoms with Crippen molar-refractivity contribution in [1.82, 2.24) is 21.3 Å². The summed E-state index contributed by atoms with van der Waals surface area (Å²) in [6.07, 6.45) is -3.69. The Hall–Kier alpha value is -0.720. The first-order valence-electron chi connectivity index (χ1n) is 17.1. The van der Waals surface area contributed by atoms with Gasteiger partial charge < -0.3 is 77.0 Å². The number of carbonyl (C=O) groups is 6. The molecule has 2 atom stereocenters. The van der Waals surface area contributed by atoms with Gasteiger partial charge in [0.05, 0.1) is 131 Å². The number of aliphatic hydroxyl groups is 9. The second-order valence-electron chi connectivity index (χ2n) is 12.4. The summed E-state index contributed by atoms with van der Waals surface area (Å²) in [5, 5.41) is 98.0. The lowest BCUT2D eigenvalue weighted by molar-refractivity contribution is -0.108. The fourth-order valence-corrected chi connectivity index (χ4v) is 14.6.